The molecule has 0 aromatic heterocycles. The molecule has 0 saturated carbocycles. The number of hydrogen-bond acceptors (Lipinski definition) is 3. The molecule has 0 radical (unpaired) electrons. The van der Waals surface area contributed by atoms with E-state index in [1.165, 1.54) is 95.5 Å². The van der Waals surface area contributed by atoms with Crippen LogP contribution in [0.5, 0.6) is 11.5 Å². The average Bonchev–Trinajstić information content (AvgIpc) is 2.87. The van der Waals surface area contributed by atoms with Crippen LogP contribution < -0.4 is 14.8 Å². The topological polar surface area (TPSA) is 30.5 Å². The first kappa shape index (κ1) is 28.2. The first-order valence-electron chi connectivity index (χ1n) is 14.0. The largest absolute Gasteiger partial charge is 0.490 e. The lowest BCUT2D eigenvalue weighted by Crippen LogP contribution is -2.15. The Morgan fingerprint density at radius 1 is 0.559 bits per heavy atom. The van der Waals surface area contributed by atoms with Crippen molar-refractivity contribution >= 4 is 0 Å². The van der Waals surface area contributed by atoms with Crippen molar-refractivity contribution < 1.29 is 9.47 Å². The first-order chi connectivity index (χ1) is 16.9. The maximum atomic E-state index is 5.85. The molecule has 1 N–H and O–H groups in total. The van der Waals surface area contributed by atoms with Crippen LogP contribution in [0.3, 0.4) is 0 Å². The van der Waals surface area contributed by atoms with Gasteiger partial charge in [0, 0.05) is 6.54 Å². The van der Waals surface area contributed by atoms with Crippen LogP contribution in [-0.4, -0.2) is 19.8 Å². The van der Waals surface area contributed by atoms with Crippen LogP contribution in [0.15, 0.2) is 54.6 Å². The van der Waals surface area contributed by atoms with Gasteiger partial charge in [0.2, 0.25) is 0 Å². The Hall–Kier alpha value is -2.00. The van der Waals surface area contributed by atoms with Gasteiger partial charge in [0.1, 0.15) is 24.7 Å². The second-order valence-electron chi connectivity index (χ2n) is 9.43. The standard InChI is InChI=1S/C31H49NO2/c1-2-3-4-5-6-7-8-9-10-11-12-13-14-18-24-32-28-29-20-19-23-31(27-29)34-26-25-33-30-21-16-15-17-22-30/h15-17,19-23,27,32H,2-14,18,24-26,28H2,1H3. The van der Waals surface area contributed by atoms with E-state index in [9.17, 15) is 0 Å². The molecule has 3 heteroatoms. The number of rotatable bonds is 22. The monoisotopic (exact) mass is 467 g/mol. The average molecular weight is 468 g/mol. The predicted molar refractivity (Wildman–Crippen MR) is 146 cm³/mol. The Bertz CT molecular complexity index is 704. The highest BCUT2D eigenvalue weighted by atomic mass is 16.5. The van der Waals surface area contributed by atoms with Crippen molar-refractivity contribution in [2.45, 2.75) is 103 Å². The molecule has 0 bridgehead atoms. The molecule has 0 fully saturated rings. The van der Waals surface area contributed by atoms with Gasteiger partial charge in [0.25, 0.3) is 0 Å². The van der Waals surface area contributed by atoms with Gasteiger partial charge in [0.15, 0.2) is 0 Å². The summed E-state index contributed by atoms with van der Waals surface area (Å²) in [7, 11) is 0. The Balaban J connectivity index is 1.38. The minimum atomic E-state index is 0.546. The van der Waals surface area contributed by atoms with E-state index in [4.69, 9.17) is 9.47 Å². The molecule has 0 aliphatic rings. The Morgan fingerprint density at radius 3 is 1.71 bits per heavy atom. The highest BCUT2D eigenvalue weighted by Gasteiger charge is 1.99. The van der Waals surface area contributed by atoms with Gasteiger partial charge in [-0.1, -0.05) is 121 Å². The second kappa shape index (κ2) is 20.4. The van der Waals surface area contributed by atoms with Gasteiger partial charge in [-0.3, -0.25) is 0 Å². The first-order valence-corrected chi connectivity index (χ1v) is 14.0. The van der Waals surface area contributed by atoms with Gasteiger partial charge < -0.3 is 14.8 Å². The number of ether oxygens (including phenoxy) is 2. The third kappa shape index (κ3) is 15.0. The summed E-state index contributed by atoms with van der Waals surface area (Å²) in [4.78, 5) is 0. The van der Waals surface area contributed by atoms with Gasteiger partial charge >= 0.3 is 0 Å². The molecule has 2 aromatic carbocycles. The molecule has 0 atom stereocenters. The van der Waals surface area contributed by atoms with E-state index < -0.39 is 0 Å². The van der Waals surface area contributed by atoms with Crippen LogP contribution in [-0.2, 0) is 6.54 Å². The molecule has 2 rings (SSSR count). The summed E-state index contributed by atoms with van der Waals surface area (Å²) in [5.74, 6) is 1.79. The number of para-hydroxylation sites is 1. The minimum absolute atomic E-state index is 0.546. The SMILES string of the molecule is CCCCCCCCCCCCCCCCNCc1cccc(OCCOc2ccccc2)c1. The molecule has 0 aliphatic carbocycles. The molecule has 0 amide bonds. The van der Waals surface area contributed by atoms with Crippen molar-refractivity contribution in [2.24, 2.45) is 0 Å². The summed E-state index contributed by atoms with van der Waals surface area (Å²) in [5, 5.41) is 3.58. The van der Waals surface area contributed by atoms with E-state index in [1.54, 1.807) is 0 Å². The van der Waals surface area contributed by atoms with Crippen molar-refractivity contribution in [3.05, 3.63) is 60.2 Å². The maximum Gasteiger partial charge on any atom is 0.122 e. The summed E-state index contributed by atoms with van der Waals surface area (Å²) >= 11 is 0. The van der Waals surface area contributed by atoms with Crippen LogP contribution in [0, 0.1) is 0 Å². The zero-order valence-corrected chi connectivity index (χ0v) is 21.7. The molecule has 3 nitrogen and oxygen atoms in total. The smallest absolute Gasteiger partial charge is 0.122 e. The fourth-order valence-electron chi connectivity index (χ4n) is 4.26. The third-order valence-electron chi connectivity index (χ3n) is 6.30. The molecule has 0 saturated heterocycles. The molecule has 190 valence electrons. The molecule has 0 unspecified atom stereocenters. The quantitative estimate of drug-likeness (QED) is 0.176. The van der Waals surface area contributed by atoms with Gasteiger partial charge in [0.05, 0.1) is 0 Å². The van der Waals surface area contributed by atoms with E-state index in [-0.39, 0.29) is 0 Å². The molecule has 0 aliphatic heterocycles. The number of hydrogen-bond donors (Lipinski definition) is 1. The maximum absolute atomic E-state index is 5.85. The summed E-state index contributed by atoms with van der Waals surface area (Å²) in [6.07, 6.45) is 19.7. The van der Waals surface area contributed by atoms with Crippen LogP contribution in [0.2, 0.25) is 0 Å². The number of nitrogens with one attached hydrogen (secondary N) is 1. The number of benzene rings is 2. The zero-order chi connectivity index (χ0) is 23.9. The third-order valence-corrected chi connectivity index (χ3v) is 6.30. The van der Waals surface area contributed by atoms with Gasteiger partial charge in [-0.05, 0) is 42.8 Å². The van der Waals surface area contributed by atoms with Crippen molar-refractivity contribution in [3.63, 3.8) is 0 Å². The fraction of sp³-hybridized carbons (Fsp3) is 0.613. The molecule has 0 heterocycles. The zero-order valence-electron chi connectivity index (χ0n) is 21.7. The second-order valence-corrected chi connectivity index (χ2v) is 9.43. The Kier molecular flexibility index (Phi) is 16.9. The minimum Gasteiger partial charge on any atom is -0.490 e. The van der Waals surface area contributed by atoms with Gasteiger partial charge in [-0.15, -0.1) is 0 Å². The molecular weight excluding hydrogens is 418 g/mol. The van der Waals surface area contributed by atoms with E-state index in [0.717, 1.165) is 24.6 Å². The lowest BCUT2D eigenvalue weighted by atomic mass is 10.0. The lowest BCUT2D eigenvalue weighted by Gasteiger charge is -2.10. The summed E-state index contributed by atoms with van der Waals surface area (Å²) in [5.41, 5.74) is 1.27. The fourth-order valence-corrected chi connectivity index (χ4v) is 4.26. The molecule has 34 heavy (non-hydrogen) atoms. The van der Waals surface area contributed by atoms with E-state index in [0.29, 0.717) is 13.2 Å². The van der Waals surface area contributed by atoms with Gasteiger partial charge in [-0.25, -0.2) is 0 Å². The Labute approximate surface area is 209 Å². The summed E-state index contributed by atoms with van der Waals surface area (Å²) in [6, 6.07) is 18.2. The van der Waals surface area contributed by atoms with E-state index in [1.807, 2.05) is 36.4 Å². The van der Waals surface area contributed by atoms with Gasteiger partial charge in [-0.2, -0.15) is 0 Å². The summed E-state index contributed by atoms with van der Waals surface area (Å²) in [6.45, 7) is 5.37. The van der Waals surface area contributed by atoms with Crippen LogP contribution in [0.25, 0.3) is 0 Å². The highest BCUT2D eigenvalue weighted by molar-refractivity contribution is 5.28. The Morgan fingerprint density at radius 2 is 1.09 bits per heavy atom. The van der Waals surface area contributed by atoms with Crippen molar-refractivity contribution in [3.8, 4) is 11.5 Å². The molecular formula is C31H49NO2. The van der Waals surface area contributed by atoms with Crippen molar-refractivity contribution in [2.75, 3.05) is 19.8 Å². The molecule has 0 spiro atoms. The normalized spacial score (nSPS) is 11.0. The highest BCUT2D eigenvalue weighted by Crippen LogP contribution is 2.15. The predicted octanol–water partition coefficient (Wildman–Crippen LogP) is 8.72. The lowest BCUT2D eigenvalue weighted by molar-refractivity contribution is 0.217. The van der Waals surface area contributed by atoms with E-state index >= 15 is 0 Å². The van der Waals surface area contributed by atoms with Crippen LogP contribution >= 0.6 is 0 Å². The summed E-state index contributed by atoms with van der Waals surface area (Å²) < 4.78 is 11.5. The molecule has 2 aromatic rings. The van der Waals surface area contributed by atoms with E-state index in [2.05, 4.69) is 30.4 Å². The number of unbranched alkanes of at least 4 members (excludes halogenated alkanes) is 13. The van der Waals surface area contributed by atoms with Crippen LogP contribution in [0.4, 0.5) is 0 Å². The van der Waals surface area contributed by atoms with Crippen molar-refractivity contribution in [1.82, 2.24) is 5.32 Å². The van der Waals surface area contributed by atoms with Crippen molar-refractivity contribution in [1.29, 1.82) is 0 Å². The van der Waals surface area contributed by atoms with Crippen LogP contribution in [0.1, 0.15) is 102 Å².